The number of unbranched alkanes of at least 4 members (excludes halogenated alkanes) is 7. The number of aryl methyl sites for hydroxylation is 1. The summed E-state index contributed by atoms with van der Waals surface area (Å²) in [5, 5.41) is 6.61. The van der Waals surface area contributed by atoms with Crippen molar-refractivity contribution in [2.75, 3.05) is 30.4 Å². The normalized spacial score (nSPS) is 10.8. The van der Waals surface area contributed by atoms with Gasteiger partial charge in [-0.25, -0.2) is 4.79 Å². The molecule has 264 valence electrons. The Hall–Kier alpha value is -4.91. The van der Waals surface area contributed by atoms with Crippen molar-refractivity contribution in [3.8, 4) is 11.1 Å². The van der Waals surface area contributed by atoms with E-state index in [0.717, 1.165) is 66.6 Å². The largest absolute Gasteiger partial charge is 0.466 e. The van der Waals surface area contributed by atoms with Gasteiger partial charge in [-0.15, -0.1) is 0 Å². The number of para-hydroxylation sites is 1. The SMILES string of the molecule is CCCCCCCNC(=O)N(C)c1cccc(-c2ccc(CCC(=O)OCCCCCC)cc2Nc2ccccc2C(=O)c2ccccc2)c1. The van der Waals surface area contributed by atoms with Crippen LogP contribution in [0.25, 0.3) is 11.1 Å². The van der Waals surface area contributed by atoms with Gasteiger partial charge in [0.2, 0.25) is 0 Å². The number of carbonyl (C=O) groups is 3. The smallest absolute Gasteiger partial charge is 0.321 e. The van der Waals surface area contributed by atoms with Crippen LogP contribution in [-0.4, -0.2) is 38.0 Å². The number of esters is 1. The predicted molar refractivity (Wildman–Crippen MR) is 205 cm³/mol. The highest BCUT2D eigenvalue weighted by atomic mass is 16.5. The third-order valence-corrected chi connectivity index (χ3v) is 8.85. The fourth-order valence-corrected chi connectivity index (χ4v) is 5.86. The summed E-state index contributed by atoms with van der Waals surface area (Å²) in [5.74, 6) is -0.276. The molecular formula is C43H53N3O4. The highest BCUT2D eigenvalue weighted by Crippen LogP contribution is 2.35. The first kappa shape index (κ1) is 37.9. The summed E-state index contributed by atoms with van der Waals surface area (Å²) in [7, 11) is 1.78. The maximum absolute atomic E-state index is 13.6. The molecule has 0 atom stereocenters. The van der Waals surface area contributed by atoms with Gasteiger partial charge in [0.25, 0.3) is 0 Å². The molecule has 0 saturated carbocycles. The second-order valence-corrected chi connectivity index (χ2v) is 12.8. The average Bonchev–Trinajstić information content (AvgIpc) is 3.15. The van der Waals surface area contributed by atoms with Crippen LogP contribution < -0.4 is 15.5 Å². The number of rotatable bonds is 20. The van der Waals surface area contributed by atoms with Crippen molar-refractivity contribution in [3.05, 3.63) is 114 Å². The van der Waals surface area contributed by atoms with Crippen molar-refractivity contribution >= 4 is 34.8 Å². The molecule has 0 fully saturated rings. The van der Waals surface area contributed by atoms with E-state index in [0.29, 0.717) is 36.4 Å². The Morgan fingerprint density at radius 3 is 2.20 bits per heavy atom. The Balaban J connectivity index is 1.58. The third-order valence-electron chi connectivity index (χ3n) is 8.85. The van der Waals surface area contributed by atoms with E-state index in [1.54, 1.807) is 11.9 Å². The first-order valence-electron chi connectivity index (χ1n) is 18.3. The van der Waals surface area contributed by atoms with Crippen LogP contribution in [0.5, 0.6) is 0 Å². The summed E-state index contributed by atoms with van der Waals surface area (Å²) >= 11 is 0. The maximum Gasteiger partial charge on any atom is 0.321 e. The molecule has 7 heteroatoms. The fourth-order valence-electron chi connectivity index (χ4n) is 5.86. The van der Waals surface area contributed by atoms with E-state index in [1.165, 1.54) is 19.3 Å². The number of hydrogen-bond acceptors (Lipinski definition) is 5. The lowest BCUT2D eigenvalue weighted by Crippen LogP contribution is -2.37. The van der Waals surface area contributed by atoms with Crippen LogP contribution in [0.3, 0.4) is 0 Å². The molecule has 0 bridgehead atoms. The van der Waals surface area contributed by atoms with Gasteiger partial charge in [0.1, 0.15) is 0 Å². The summed E-state index contributed by atoms with van der Waals surface area (Å²) in [6, 6.07) is 30.6. The molecule has 4 aromatic rings. The Morgan fingerprint density at radius 1 is 0.700 bits per heavy atom. The van der Waals surface area contributed by atoms with E-state index in [-0.39, 0.29) is 24.2 Å². The van der Waals surface area contributed by atoms with E-state index in [2.05, 4.69) is 24.5 Å². The standard InChI is InChI=1S/C43H53N3O4/c1-4-6-8-10-16-29-44-43(49)46(3)36-22-18-21-35(32-36)37-27-25-33(26-28-41(47)50-30-17-9-7-5-2)31-40(37)45-39-24-15-14-23-38(39)42(48)34-19-12-11-13-20-34/h11-15,18-25,27,31-32,45H,4-10,16-17,26,28-30H2,1-3H3,(H,44,49). The Labute approximate surface area is 298 Å². The number of ketones is 1. The Bertz CT molecular complexity index is 1670. The van der Waals surface area contributed by atoms with Gasteiger partial charge in [-0.1, -0.05) is 126 Å². The summed E-state index contributed by atoms with van der Waals surface area (Å²) < 4.78 is 5.49. The molecule has 0 spiro atoms. The molecule has 4 rings (SSSR count). The lowest BCUT2D eigenvalue weighted by molar-refractivity contribution is -0.143. The van der Waals surface area contributed by atoms with Gasteiger partial charge in [-0.2, -0.15) is 0 Å². The molecule has 7 nitrogen and oxygen atoms in total. The average molecular weight is 676 g/mol. The van der Waals surface area contributed by atoms with Gasteiger partial charge >= 0.3 is 12.0 Å². The first-order chi connectivity index (χ1) is 24.4. The zero-order chi connectivity index (χ0) is 35.6. The molecule has 0 unspecified atom stereocenters. The van der Waals surface area contributed by atoms with Gasteiger partial charge in [-0.3, -0.25) is 14.5 Å². The molecule has 4 aromatic carbocycles. The van der Waals surface area contributed by atoms with Crippen LogP contribution >= 0.6 is 0 Å². The number of nitrogens with zero attached hydrogens (tertiary/aromatic N) is 1. The van der Waals surface area contributed by atoms with Crippen LogP contribution in [0.2, 0.25) is 0 Å². The number of ether oxygens (including phenoxy) is 1. The summed E-state index contributed by atoms with van der Waals surface area (Å²) in [5.41, 5.74) is 6.19. The number of nitrogens with one attached hydrogen (secondary N) is 2. The van der Waals surface area contributed by atoms with E-state index in [9.17, 15) is 14.4 Å². The van der Waals surface area contributed by atoms with Gasteiger partial charge < -0.3 is 15.4 Å². The summed E-state index contributed by atoms with van der Waals surface area (Å²) in [6.45, 7) is 5.46. The topological polar surface area (TPSA) is 87.7 Å². The monoisotopic (exact) mass is 675 g/mol. The Kier molecular flexibility index (Phi) is 15.6. The third kappa shape index (κ3) is 11.6. The van der Waals surface area contributed by atoms with Crippen LogP contribution in [-0.2, 0) is 16.0 Å². The number of anilines is 3. The van der Waals surface area contributed by atoms with Gasteiger partial charge in [0.05, 0.1) is 6.61 Å². The lowest BCUT2D eigenvalue weighted by Gasteiger charge is -2.20. The van der Waals surface area contributed by atoms with Gasteiger partial charge in [-0.05, 0) is 60.7 Å². The Morgan fingerprint density at radius 2 is 1.42 bits per heavy atom. The number of amides is 2. The highest BCUT2D eigenvalue weighted by molar-refractivity contribution is 6.12. The van der Waals surface area contributed by atoms with Gasteiger partial charge in [0, 0.05) is 53.8 Å². The van der Waals surface area contributed by atoms with Crippen molar-refractivity contribution in [1.29, 1.82) is 0 Å². The zero-order valence-corrected chi connectivity index (χ0v) is 30.0. The van der Waals surface area contributed by atoms with Crippen molar-refractivity contribution in [3.63, 3.8) is 0 Å². The lowest BCUT2D eigenvalue weighted by atomic mass is 9.97. The predicted octanol–water partition coefficient (Wildman–Crippen LogP) is 10.5. The maximum atomic E-state index is 13.6. The van der Waals surface area contributed by atoms with E-state index < -0.39 is 0 Å². The van der Waals surface area contributed by atoms with Crippen LogP contribution in [0.15, 0.2) is 97.1 Å². The quantitative estimate of drug-likeness (QED) is 0.0553. The molecule has 2 N–H and O–H groups in total. The summed E-state index contributed by atoms with van der Waals surface area (Å²) in [4.78, 5) is 40.8. The molecule has 0 saturated heterocycles. The number of benzene rings is 4. The molecule has 0 aliphatic rings. The summed E-state index contributed by atoms with van der Waals surface area (Å²) in [6.07, 6.45) is 10.7. The molecule has 0 aliphatic carbocycles. The van der Waals surface area contributed by atoms with E-state index in [4.69, 9.17) is 4.74 Å². The minimum Gasteiger partial charge on any atom is -0.466 e. The van der Waals surface area contributed by atoms with E-state index >= 15 is 0 Å². The molecule has 50 heavy (non-hydrogen) atoms. The number of urea groups is 1. The van der Waals surface area contributed by atoms with Gasteiger partial charge in [0.15, 0.2) is 5.78 Å². The molecule has 0 aliphatic heterocycles. The van der Waals surface area contributed by atoms with Crippen molar-refractivity contribution in [1.82, 2.24) is 5.32 Å². The molecule has 0 aromatic heterocycles. The minimum absolute atomic E-state index is 0.0758. The highest BCUT2D eigenvalue weighted by Gasteiger charge is 2.17. The number of hydrogen-bond donors (Lipinski definition) is 2. The molecule has 2 amide bonds. The second-order valence-electron chi connectivity index (χ2n) is 12.8. The minimum atomic E-state index is -0.200. The zero-order valence-electron chi connectivity index (χ0n) is 30.0. The van der Waals surface area contributed by atoms with Crippen LogP contribution in [0.4, 0.5) is 21.9 Å². The van der Waals surface area contributed by atoms with Crippen molar-refractivity contribution in [2.24, 2.45) is 0 Å². The first-order valence-corrected chi connectivity index (χ1v) is 18.3. The molecule has 0 heterocycles. The molecular weight excluding hydrogens is 622 g/mol. The molecule has 0 radical (unpaired) electrons. The fraction of sp³-hybridized carbons (Fsp3) is 0.372. The van der Waals surface area contributed by atoms with Crippen LogP contribution in [0, 0.1) is 0 Å². The van der Waals surface area contributed by atoms with Crippen LogP contribution in [0.1, 0.15) is 99.5 Å². The van der Waals surface area contributed by atoms with Crippen molar-refractivity contribution < 1.29 is 19.1 Å². The van der Waals surface area contributed by atoms with E-state index in [1.807, 2.05) is 97.1 Å². The second kappa shape index (κ2) is 20.6. The van der Waals surface area contributed by atoms with Crippen molar-refractivity contribution in [2.45, 2.75) is 84.5 Å². The number of carbonyl (C=O) groups excluding carboxylic acids is 3.